The van der Waals surface area contributed by atoms with E-state index in [0.717, 1.165) is 24.0 Å². The highest BCUT2D eigenvalue weighted by Gasteiger charge is 2.51. The van der Waals surface area contributed by atoms with Gasteiger partial charge in [-0.05, 0) is 69.0 Å². The molecule has 2 aromatic carbocycles. The van der Waals surface area contributed by atoms with Crippen molar-refractivity contribution in [2.45, 2.75) is 51.2 Å². The number of ether oxygens (including phenoxy) is 2. The van der Waals surface area contributed by atoms with Gasteiger partial charge in [-0.15, -0.1) is 0 Å². The van der Waals surface area contributed by atoms with Crippen LogP contribution in [0.5, 0.6) is 11.5 Å². The fraction of sp³-hybridized carbons (Fsp3) is 0.409. The van der Waals surface area contributed by atoms with Crippen LogP contribution in [-0.2, 0) is 10.2 Å². The molecule has 1 unspecified atom stereocenters. The fourth-order valence-electron chi connectivity index (χ4n) is 3.26. The number of hydrogen-bond acceptors (Lipinski definition) is 3. The lowest BCUT2D eigenvalue weighted by atomic mass is 9.94. The number of halogens is 1. The molecular weight excluding hydrogens is 345 g/mol. The minimum Gasteiger partial charge on any atom is -0.493 e. The molecule has 1 aliphatic carbocycles. The molecule has 1 saturated carbocycles. The van der Waals surface area contributed by atoms with E-state index < -0.39 is 5.41 Å². The predicted octanol–water partition coefficient (Wildman–Crippen LogP) is 4.53. The first-order valence-corrected chi connectivity index (χ1v) is 9.27. The summed E-state index contributed by atoms with van der Waals surface area (Å²) in [4.78, 5) is 12.9. The molecule has 4 nitrogen and oxygen atoms in total. The minimum absolute atomic E-state index is 0.0249. The van der Waals surface area contributed by atoms with Gasteiger partial charge in [-0.25, -0.2) is 4.39 Å². The van der Waals surface area contributed by atoms with Gasteiger partial charge in [0.25, 0.3) is 0 Å². The molecule has 27 heavy (non-hydrogen) atoms. The lowest BCUT2D eigenvalue weighted by Crippen LogP contribution is -2.36. The van der Waals surface area contributed by atoms with E-state index in [4.69, 9.17) is 9.47 Å². The molecule has 0 heterocycles. The van der Waals surface area contributed by atoms with E-state index in [0.29, 0.717) is 11.5 Å². The minimum atomic E-state index is -0.535. The van der Waals surface area contributed by atoms with Gasteiger partial charge in [0.15, 0.2) is 11.5 Å². The molecule has 0 aromatic heterocycles. The van der Waals surface area contributed by atoms with Gasteiger partial charge in [0.2, 0.25) is 5.91 Å². The lowest BCUT2D eigenvalue weighted by molar-refractivity contribution is -0.124. The molecule has 1 amide bonds. The summed E-state index contributed by atoms with van der Waals surface area (Å²) in [5, 5.41) is 3.09. The van der Waals surface area contributed by atoms with E-state index in [1.165, 1.54) is 12.1 Å². The molecule has 0 aliphatic heterocycles. The maximum atomic E-state index is 13.2. The summed E-state index contributed by atoms with van der Waals surface area (Å²) in [6, 6.07) is 11.7. The molecule has 144 valence electrons. The zero-order valence-corrected chi connectivity index (χ0v) is 16.2. The Bertz CT molecular complexity index is 813. The first-order valence-electron chi connectivity index (χ1n) is 9.27. The normalized spacial score (nSPS) is 15.9. The van der Waals surface area contributed by atoms with Crippen molar-refractivity contribution in [2.75, 3.05) is 7.11 Å². The second-order valence-corrected chi connectivity index (χ2v) is 7.36. The maximum absolute atomic E-state index is 13.2. The van der Waals surface area contributed by atoms with Crippen LogP contribution in [0.3, 0.4) is 0 Å². The average molecular weight is 371 g/mol. The third-order valence-electron chi connectivity index (χ3n) is 4.98. The Balaban J connectivity index is 1.74. The van der Waals surface area contributed by atoms with Gasteiger partial charge in [0.1, 0.15) is 5.82 Å². The smallest absolute Gasteiger partial charge is 0.231 e. The Kier molecular flexibility index (Phi) is 5.40. The van der Waals surface area contributed by atoms with Crippen molar-refractivity contribution >= 4 is 5.91 Å². The van der Waals surface area contributed by atoms with Gasteiger partial charge < -0.3 is 14.8 Å². The molecule has 1 atom stereocenters. The standard InChI is InChI=1S/C22H26FNO3/c1-14(2)27-19-10-5-16(13-20(19)26-4)15(3)24-21(25)22(11-12-22)17-6-8-18(23)9-7-17/h5-10,13-15H,11-12H2,1-4H3,(H,24,25). The summed E-state index contributed by atoms with van der Waals surface area (Å²) in [5.41, 5.74) is 1.27. The van der Waals surface area contributed by atoms with Crippen molar-refractivity contribution in [1.29, 1.82) is 0 Å². The van der Waals surface area contributed by atoms with Crippen molar-refractivity contribution < 1.29 is 18.7 Å². The molecule has 3 rings (SSSR count). The van der Waals surface area contributed by atoms with Crippen molar-refractivity contribution in [1.82, 2.24) is 5.32 Å². The van der Waals surface area contributed by atoms with Crippen LogP contribution in [0, 0.1) is 5.82 Å². The molecule has 0 spiro atoms. The van der Waals surface area contributed by atoms with E-state index >= 15 is 0 Å². The number of hydrogen-bond donors (Lipinski definition) is 1. The third kappa shape index (κ3) is 4.07. The van der Waals surface area contributed by atoms with Crippen molar-refractivity contribution in [3.8, 4) is 11.5 Å². The summed E-state index contributed by atoms with van der Waals surface area (Å²) < 4.78 is 24.4. The Morgan fingerprint density at radius 3 is 2.30 bits per heavy atom. The highest BCUT2D eigenvalue weighted by molar-refractivity contribution is 5.91. The predicted molar refractivity (Wildman–Crippen MR) is 103 cm³/mol. The van der Waals surface area contributed by atoms with E-state index in [9.17, 15) is 9.18 Å². The Hall–Kier alpha value is -2.56. The summed E-state index contributed by atoms with van der Waals surface area (Å²) >= 11 is 0. The summed E-state index contributed by atoms with van der Waals surface area (Å²) in [6.45, 7) is 5.86. The highest BCUT2D eigenvalue weighted by Crippen LogP contribution is 2.48. The summed E-state index contributed by atoms with van der Waals surface area (Å²) in [5.74, 6) is 1.00. The Morgan fingerprint density at radius 1 is 1.07 bits per heavy atom. The van der Waals surface area contributed by atoms with E-state index in [2.05, 4.69) is 5.32 Å². The number of carbonyl (C=O) groups excluding carboxylic acids is 1. The fourth-order valence-corrected chi connectivity index (χ4v) is 3.26. The topological polar surface area (TPSA) is 47.6 Å². The first-order chi connectivity index (χ1) is 12.9. The van der Waals surface area contributed by atoms with Gasteiger partial charge >= 0.3 is 0 Å². The van der Waals surface area contributed by atoms with Crippen LogP contribution >= 0.6 is 0 Å². The third-order valence-corrected chi connectivity index (χ3v) is 4.98. The zero-order valence-electron chi connectivity index (χ0n) is 16.2. The molecule has 1 aliphatic rings. The molecule has 2 aromatic rings. The van der Waals surface area contributed by atoms with Crippen LogP contribution in [0.15, 0.2) is 42.5 Å². The average Bonchev–Trinajstić information content (AvgIpc) is 3.44. The van der Waals surface area contributed by atoms with Gasteiger partial charge in [0, 0.05) is 0 Å². The first kappa shape index (κ1) is 19.2. The van der Waals surface area contributed by atoms with Crippen LogP contribution in [0.4, 0.5) is 4.39 Å². The summed E-state index contributed by atoms with van der Waals surface area (Å²) in [6.07, 6.45) is 1.61. The number of nitrogens with one attached hydrogen (secondary N) is 1. The van der Waals surface area contributed by atoms with E-state index in [1.54, 1.807) is 19.2 Å². The zero-order chi connectivity index (χ0) is 19.6. The molecular formula is C22H26FNO3. The van der Waals surface area contributed by atoms with Crippen LogP contribution in [0.2, 0.25) is 0 Å². The Labute approximate surface area is 159 Å². The largest absolute Gasteiger partial charge is 0.493 e. The maximum Gasteiger partial charge on any atom is 0.231 e. The highest BCUT2D eigenvalue weighted by atomic mass is 19.1. The van der Waals surface area contributed by atoms with Gasteiger partial charge in [-0.3, -0.25) is 4.79 Å². The van der Waals surface area contributed by atoms with Crippen LogP contribution in [0.1, 0.15) is 50.8 Å². The van der Waals surface area contributed by atoms with E-state index in [-0.39, 0.29) is 23.9 Å². The number of benzene rings is 2. The second-order valence-electron chi connectivity index (χ2n) is 7.36. The number of amides is 1. The SMILES string of the molecule is COc1cc(C(C)NC(=O)C2(c3ccc(F)cc3)CC2)ccc1OC(C)C. The quantitative estimate of drug-likeness (QED) is 0.778. The van der Waals surface area contributed by atoms with Crippen molar-refractivity contribution in [3.63, 3.8) is 0 Å². The second kappa shape index (κ2) is 7.59. The van der Waals surface area contributed by atoms with E-state index in [1.807, 2.05) is 39.0 Å². The van der Waals surface area contributed by atoms with Gasteiger partial charge in [-0.2, -0.15) is 0 Å². The summed E-state index contributed by atoms with van der Waals surface area (Å²) in [7, 11) is 1.60. The molecule has 0 saturated heterocycles. The molecule has 1 N–H and O–H groups in total. The molecule has 1 fully saturated rings. The number of methoxy groups -OCH3 is 1. The number of rotatable bonds is 7. The monoisotopic (exact) mass is 371 g/mol. The van der Waals surface area contributed by atoms with Gasteiger partial charge in [0.05, 0.1) is 24.7 Å². The molecule has 0 bridgehead atoms. The molecule has 5 heteroatoms. The van der Waals surface area contributed by atoms with Gasteiger partial charge in [-0.1, -0.05) is 18.2 Å². The lowest BCUT2D eigenvalue weighted by Gasteiger charge is -2.21. The van der Waals surface area contributed by atoms with Crippen molar-refractivity contribution in [3.05, 3.63) is 59.4 Å². The van der Waals surface area contributed by atoms with Crippen molar-refractivity contribution in [2.24, 2.45) is 0 Å². The Morgan fingerprint density at radius 2 is 1.74 bits per heavy atom. The van der Waals surface area contributed by atoms with Crippen LogP contribution in [0.25, 0.3) is 0 Å². The number of carbonyl (C=O) groups is 1. The van der Waals surface area contributed by atoms with Crippen LogP contribution < -0.4 is 14.8 Å². The van der Waals surface area contributed by atoms with Crippen LogP contribution in [-0.4, -0.2) is 19.1 Å². The molecule has 0 radical (unpaired) electrons.